The molecule has 2 aliphatic rings. The lowest BCUT2D eigenvalue weighted by Gasteiger charge is -2.24. The molecular weight excluding hydrogens is 370 g/mol. The fraction of sp³-hybridized carbons (Fsp3) is 0.435. The zero-order valence-electron chi connectivity index (χ0n) is 16.4. The molecule has 2 aromatic rings. The first-order chi connectivity index (χ1) is 13.8. The Bertz CT molecular complexity index is 821. The van der Waals surface area contributed by atoms with Gasteiger partial charge in [0.15, 0.2) is 11.5 Å². The van der Waals surface area contributed by atoms with Gasteiger partial charge in [0.2, 0.25) is 6.79 Å². The molecule has 0 bridgehead atoms. The van der Waals surface area contributed by atoms with E-state index < -0.39 is 0 Å². The summed E-state index contributed by atoms with van der Waals surface area (Å²) in [7, 11) is 0. The minimum absolute atomic E-state index is 0.0238. The highest BCUT2D eigenvalue weighted by Gasteiger charge is 2.32. The van der Waals surface area contributed by atoms with E-state index in [1.54, 1.807) is 11.8 Å². The Balaban J connectivity index is 1.43. The monoisotopic (exact) mass is 397 g/mol. The van der Waals surface area contributed by atoms with Crippen LogP contribution in [-0.2, 0) is 6.42 Å². The molecule has 4 rings (SSSR count). The van der Waals surface area contributed by atoms with Crippen LogP contribution in [0.4, 0.5) is 0 Å². The van der Waals surface area contributed by atoms with E-state index in [1.165, 1.54) is 31.2 Å². The molecule has 1 atom stereocenters. The number of amides is 1. The normalized spacial score (nSPS) is 17.9. The van der Waals surface area contributed by atoms with Gasteiger partial charge in [-0.1, -0.05) is 44.4 Å². The van der Waals surface area contributed by atoms with Crippen LogP contribution >= 0.6 is 11.8 Å². The molecule has 0 saturated carbocycles. The third-order valence-electron chi connectivity index (χ3n) is 5.35. The number of thioether (sulfide) groups is 1. The van der Waals surface area contributed by atoms with E-state index in [2.05, 4.69) is 19.1 Å². The van der Waals surface area contributed by atoms with Crippen LogP contribution < -0.4 is 9.47 Å². The van der Waals surface area contributed by atoms with Crippen LogP contribution in [0.5, 0.6) is 11.5 Å². The predicted molar refractivity (Wildman–Crippen MR) is 113 cm³/mol. The van der Waals surface area contributed by atoms with Gasteiger partial charge in [-0.2, -0.15) is 0 Å². The van der Waals surface area contributed by atoms with Crippen LogP contribution in [-0.4, -0.2) is 29.9 Å². The van der Waals surface area contributed by atoms with Crippen LogP contribution in [0.25, 0.3) is 0 Å². The van der Waals surface area contributed by atoms with Gasteiger partial charge in [-0.05, 0) is 48.2 Å². The van der Waals surface area contributed by atoms with Crippen molar-refractivity contribution in [2.75, 3.05) is 19.1 Å². The van der Waals surface area contributed by atoms with Gasteiger partial charge in [0, 0.05) is 17.9 Å². The zero-order valence-corrected chi connectivity index (χ0v) is 17.2. The molecule has 0 spiro atoms. The van der Waals surface area contributed by atoms with Crippen molar-refractivity contribution in [2.24, 2.45) is 0 Å². The SMILES string of the molecule is CCCCCCc1ccc(C(=O)N2CCSC2c2ccc3c(c2)OCO3)cc1. The lowest BCUT2D eigenvalue weighted by atomic mass is 10.0. The second-order valence-corrected chi connectivity index (χ2v) is 8.53. The van der Waals surface area contributed by atoms with Gasteiger partial charge in [0.05, 0.1) is 0 Å². The lowest BCUT2D eigenvalue weighted by Crippen LogP contribution is -2.30. The van der Waals surface area contributed by atoms with Crippen molar-refractivity contribution in [2.45, 2.75) is 44.4 Å². The molecule has 148 valence electrons. The quantitative estimate of drug-likeness (QED) is 0.584. The number of carbonyl (C=O) groups is 1. The van der Waals surface area contributed by atoms with E-state index >= 15 is 0 Å². The summed E-state index contributed by atoms with van der Waals surface area (Å²) in [6, 6.07) is 14.2. The van der Waals surface area contributed by atoms with E-state index in [0.29, 0.717) is 0 Å². The highest BCUT2D eigenvalue weighted by atomic mass is 32.2. The van der Waals surface area contributed by atoms with E-state index in [9.17, 15) is 4.79 Å². The third kappa shape index (κ3) is 4.14. The molecule has 0 aromatic heterocycles. The van der Waals surface area contributed by atoms with Gasteiger partial charge < -0.3 is 14.4 Å². The molecule has 2 heterocycles. The van der Waals surface area contributed by atoms with Crippen LogP contribution in [0.2, 0.25) is 0 Å². The number of ether oxygens (including phenoxy) is 2. The first-order valence-electron chi connectivity index (χ1n) is 10.2. The van der Waals surface area contributed by atoms with Gasteiger partial charge in [-0.25, -0.2) is 0 Å². The summed E-state index contributed by atoms with van der Waals surface area (Å²) in [6.07, 6.45) is 6.14. The van der Waals surface area contributed by atoms with Crippen LogP contribution in [0.15, 0.2) is 42.5 Å². The number of unbranched alkanes of at least 4 members (excludes halogenated alkanes) is 3. The number of rotatable bonds is 7. The first kappa shape index (κ1) is 19.2. The number of benzene rings is 2. The van der Waals surface area contributed by atoms with Crippen LogP contribution in [0.1, 0.15) is 59.5 Å². The Morgan fingerprint density at radius 3 is 2.71 bits per heavy atom. The molecule has 28 heavy (non-hydrogen) atoms. The van der Waals surface area contributed by atoms with E-state index in [1.807, 2.05) is 35.2 Å². The molecule has 1 unspecified atom stereocenters. The lowest BCUT2D eigenvalue weighted by molar-refractivity contribution is 0.0760. The fourth-order valence-corrected chi connectivity index (χ4v) is 5.00. The molecule has 1 fully saturated rings. The first-order valence-corrected chi connectivity index (χ1v) is 11.2. The van der Waals surface area contributed by atoms with E-state index in [-0.39, 0.29) is 18.1 Å². The summed E-state index contributed by atoms with van der Waals surface area (Å²) in [5.74, 6) is 2.59. The Morgan fingerprint density at radius 2 is 1.89 bits per heavy atom. The van der Waals surface area contributed by atoms with Crippen LogP contribution in [0, 0.1) is 0 Å². The number of carbonyl (C=O) groups excluding carboxylic acids is 1. The fourth-order valence-electron chi connectivity index (χ4n) is 3.76. The maximum Gasteiger partial charge on any atom is 0.255 e. The number of nitrogens with zero attached hydrogens (tertiary/aromatic N) is 1. The Morgan fingerprint density at radius 1 is 1.07 bits per heavy atom. The molecule has 0 radical (unpaired) electrons. The smallest absolute Gasteiger partial charge is 0.255 e. The van der Waals surface area contributed by atoms with Gasteiger partial charge in [0.1, 0.15) is 5.37 Å². The highest BCUT2D eigenvalue weighted by molar-refractivity contribution is 7.99. The summed E-state index contributed by atoms with van der Waals surface area (Å²) in [6.45, 7) is 3.26. The predicted octanol–water partition coefficient (Wildman–Crippen LogP) is 5.43. The van der Waals surface area contributed by atoms with Gasteiger partial charge in [-0.3, -0.25) is 4.79 Å². The number of hydrogen-bond acceptors (Lipinski definition) is 4. The molecule has 2 aromatic carbocycles. The molecule has 1 amide bonds. The molecule has 4 nitrogen and oxygen atoms in total. The van der Waals surface area contributed by atoms with E-state index in [4.69, 9.17) is 9.47 Å². The molecule has 0 N–H and O–H groups in total. The van der Waals surface area contributed by atoms with Crippen molar-refractivity contribution in [3.8, 4) is 11.5 Å². The average Bonchev–Trinajstić information content (AvgIpc) is 3.40. The van der Waals surface area contributed by atoms with Crippen molar-refractivity contribution in [3.63, 3.8) is 0 Å². The molecule has 2 aliphatic heterocycles. The Labute approximate surface area is 171 Å². The minimum Gasteiger partial charge on any atom is -0.454 e. The van der Waals surface area contributed by atoms with Crippen molar-refractivity contribution in [3.05, 3.63) is 59.2 Å². The molecule has 5 heteroatoms. The second kappa shape index (κ2) is 8.91. The number of aryl methyl sites for hydroxylation is 1. The Kier molecular flexibility index (Phi) is 6.10. The van der Waals surface area contributed by atoms with Gasteiger partial charge in [-0.15, -0.1) is 11.8 Å². The molecule has 1 saturated heterocycles. The second-order valence-electron chi connectivity index (χ2n) is 7.34. The summed E-state index contributed by atoms with van der Waals surface area (Å²) >= 11 is 1.80. The number of fused-ring (bicyclic) bond motifs is 1. The van der Waals surface area contributed by atoms with Crippen LogP contribution in [0.3, 0.4) is 0 Å². The van der Waals surface area contributed by atoms with Gasteiger partial charge in [0.25, 0.3) is 5.91 Å². The van der Waals surface area contributed by atoms with Crippen molar-refractivity contribution >= 4 is 17.7 Å². The van der Waals surface area contributed by atoms with E-state index in [0.717, 1.165) is 41.3 Å². The summed E-state index contributed by atoms with van der Waals surface area (Å²) in [5, 5.41) is 0.0238. The minimum atomic E-state index is 0.0238. The third-order valence-corrected chi connectivity index (χ3v) is 6.61. The van der Waals surface area contributed by atoms with Crippen molar-refractivity contribution in [1.82, 2.24) is 4.90 Å². The van der Waals surface area contributed by atoms with Crippen molar-refractivity contribution in [1.29, 1.82) is 0 Å². The maximum atomic E-state index is 13.1. The largest absolute Gasteiger partial charge is 0.454 e. The molecule has 0 aliphatic carbocycles. The summed E-state index contributed by atoms with van der Waals surface area (Å²) in [5.41, 5.74) is 3.17. The number of hydrogen-bond donors (Lipinski definition) is 0. The molecular formula is C23H27NO3S. The average molecular weight is 398 g/mol. The highest BCUT2D eigenvalue weighted by Crippen LogP contribution is 2.42. The van der Waals surface area contributed by atoms with Crippen molar-refractivity contribution < 1.29 is 14.3 Å². The topological polar surface area (TPSA) is 38.8 Å². The summed E-state index contributed by atoms with van der Waals surface area (Å²) < 4.78 is 10.9. The summed E-state index contributed by atoms with van der Waals surface area (Å²) in [4.78, 5) is 15.1. The standard InChI is InChI=1S/C23H27NO3S/c1-2-3-4-5-6-17-7-9-18(10-8-17)22(25)24-13-14-28-23(24)19-11-12-20-21(15-19)27-16-26-20/h7-12,15,23H,2-6,13-14,16H2,1H3. The van der Waals surface area contributed by atoms with Gasteiger partial charge >= 0.3 is 0 Å². The zero-order chi connectivity index (χ0) is 19.3. The maximum absolute atomic E-state index is 13.1. The Hall–Kier alpha value is -2.14.